The van der Waals surface area contributed by atoms with E-state index in [2.05, 4.69) is 0 Å². The lowest BCUT2D eigenvalue weighted by Crippen LogP contribution is -2.35. The zero-order valence-corrected chi connectivity index (χ0v) is 8.98. The number of carbonyl (C=O) groups is 2. The van der Waals surface area contributed by atoms with Crippen LogP contribution in [0, 0.1) is 17.8 Å². The van der Waals surface area contributed by atoms with Crippen molar-refractivity contribution in [3.63, 3.8) is 0 Å². The third kappa shape index (κ3) is 1.85. The molecule has 1 saturated carbocycles. The van der Waals surface area contributed by atoms with E-state index in [1.807, 2.05) is 0 Å². The second-order valence-electron chi connectivity index (χ2n) is 4.79. The Morgan fingerprint density at radius 3 is 2.47 bits per heavy atom. The van der Waals surface area contributed by atoms with E-state index in [0.717, 1.165) is 19.3 Å². The molecule has 4 nitrogen and oxygen atoms in total. The van der Waals surface area contributed by atoms with E-state index in [1.54, 1.807) is 11.9 Å². The molecule has 84 valence electrons. The summed E-state index contributed by atoms with van der Waals surface area (Å²) in [4.78, 5) is 24.2. The zero-order valence-electron chi connectivity index (χ0n) is 8.98. The minimum absolute atomic E-state index is 0.0327. The molecule has 4 heteroatoms. The van der Waals surface area contributed by atoms with Gasteiger partial charge in [-0.3, -0.25) is 9.59 Å². The smallest absolute Gasteiger partial charge is 0.307 e. The summed E-state index contributed by atoms with van der Waals surface area (Å²) in [7, 11) is 1.75. The molecule has 1 saturated heterocycles. The summed E-state index contributed by atoms with van der Waals surface area (Å²) in [5.41, 5.74) is 0. The first kappa shape index (κ1) is 10.5. The van der Waals surface area contributed by atoms with Crippen LogP contribution in [-0.2, 0) is 9.59 Å². The van der Waals surface area contributed by atoms with Gasteiger partial charge in [-0.1, -0.05) is 6.42 Å². The highest BCUT2D eigenvalue weighted by atomic mass is 16.4. The Hall–Kier alpha value is -1.06. The third-order valence-electron chi connectivity index (χ3n) is 3.82. The number of carboxylic acid groups (broad SMARTS) is 1. The molecule has 1 heterocycles. The fourth-order valence-electron chi connectivity index (χ4n) is 2.73. The van der Waals surface area contributed by atoms with E-state index in [-0.39, 0.29) is 17.7 Å². The van der Waals surface area contributed by atoms with Crippen molar-refractivity contribution in [3.8, 4) is 0 Å². The molecule has 2 aliphatic rings. The molecule has 15 heavy (non-hydrogen) atoms. The molecule has 2 fully saturated rings. The fraction of sp³-hybridized carbons (Fsp3) is 0.818. The van der Waals surface area contributed by atoms with Crippen molar-refractivity contribution >= 4 is 11.9 Å². The largest absolute Gasteiger partial charge is 0.481 e. The van der Waals surface area contributed by atoms with Crippen molar-refractivity contribution in [1.29, 1.82) is 0 Å². The highest BCUT2D eigenvalue weighted by molar-refractivity contribution is 5.80. The zero-order chi connectivity index (χ0) is 11.0. The lowest BCUT2D eigenvalue weighted by atomic mass is 9.70. The molecule has 1 N–H and O–H groups in total. The number of likely N-dealkylation sites (tertiary alicyclic amines) is 1. The maximum atomic E-state index is 11.4. The third-order valence-corrected chi connectivity index (χ3v) is 3.82. The summed E-state index contributed by atoms with van der Waals surface area (Å²) in [6.45, 7) is 0.617. The van der Waals surface area contributed by atoms with Crippen LogP contribution in [0.5, 0.6) is 0 Å². The number of rotatable bonds is 3. The van der Waals surface area contributed by atoms with Crippen molar-refractivity contribution < 1.29 is 14.7 Å². The molecule has 0 bridgehead atoms. The molecule has 0 spiro atoms. The Labute approximate surface area is 89.3 Å². The number of aliphatic carboxylic acids is 1. The van der Waals surface area contributed by atoms with Crippen LogP contribution in [-0.4, -0.2) is 35.5 Å². The van der Waals surface area contributed by atoms with E-state index in [0.29, 0.717) is 18.9 Å². The number of carbonyl (C=O) groups excluding carboxylic acids is 1. The van der Waals surface area contributed by atoms with E-state index >= 15 is 0 Å². The van der Waals surface area contributed by atoms with Crippen molar-refractivity contribution in [1.82, 2.24) is 4.90 Å². The summed E-state index contributed by atoms with van der Waals surface area (Å²) in [6, 6.07) is 0. The van der Waals surface area contributed by atoms with Gasteiger partial charge in [-0.2, -0.15) is 0 Å². The monoisotopic (exact) mass is 211 g/mol. The molecule has 0 aromatic heterocycles. The average Bonchev–Trinajstić information content (AvgIpc) is 2.38. The average molecular weight is 211 g/mol. The summed E-state index contributed by atoms with van der Waals surface area (Å²) in [5.74, 6) is -0.580. The second-order valence-corrected chi connectivity index (χ2v) is 4.79. The van der Waals surface area contributed by atoms with Crippen molar-refractivity contribution in [2.45, 2.75) is 25.7 Å². The van der Waals surface area contributed by atoms with Crippen LogP contribution in [0.2, 0.25) is 0 Å². The van der Waals surface area contributed by atoms with E-state index in [4.69, 9.17) is 0 Å². The van der Waals surface area contributed by atoms with E-state index in [1.165, 1.54) is 0 Å². The summed E-state index contributed by atoms with van der Waals surface area (Å²) < 4.78 is 0. The minimum atomic E-state index is -0.715. The Kier molecular flexibility index (Phi) is 2.67. The topological polar surface area (TPSA) is 57.6 Å². The van der Waals surface area contributed by atoms with Crippen LogP contribution < -0.4 is 0 Å². The molecule has 1 aliphatic heterocycles. The van der Waals surface area contributed by atoms with Crippen LogP contribution in [0.15, 0.2) is 0 Å². The van der Waals surface area contributed by atoms with Gasteiger partial charge in [0, 0.05) is 20.0 Å². The van der Waals surface area contributed by atoms with Crippen molar-refractivity contribution in [2.75, 3.05) is 13.6 Å². The molecule has 0 radical (unpaired) electrons. The SMILES string of the molecule is CN1CC(C(C(=O)O)C2CCC2)CC1=O. The van der Waals surface area contributed by atoms with Crippen LogP contribution in [0.25, 0.3) is 0 Å². The molecule has 0 aromatic rings. The van der Waals surface area contributed by atoms with E-state index in [9.17, 15) is 14.7 Å². The van der Waals surface area contributed by atoms with Gasteiger partial charge in [-0.05, 0) is 24.7 Å². The predicted octanol–water partition coefficient (Wildman–Crippen LogP) is 0.966. The summed E-state index contributed by atoms with van der Waals surface area (Å²) in [6.07, 6.45) is 3.60. The highest BCUT2D eigenvalue weighted by Gasteiger charge is 2.42. The first-order chi connectivity index (χ1) is 7.09. The Morgan fingerprint density at radius 2 is 2.13 bits per heavy atom. The first-order valence-electron chi connectivity index (χ1n) is 5.56. The first-order valence-corrected chi connectivity index (χ1v) is 5.56. The van der Waals surface area contributed by atoms with Crippen molar-refractivity contribution in [3.05, 3.63) is 0 Å². The number of hydrogen-bond donors (Lipinski definition) is 1. The van der Waals surface area contributed by atoms with E-state index < -0.39 is 5.97 Å². The van der Waals surface area contributed by atoms with Crippen LogP contribution in [0.3, 0.4) is 0 Å². The maximum Gasteiger partial charge on any atom is 0.307 e. The van der Waals surface area contributed by atoms with Gasteiger partial charge in [-0.25, -0.2) is 0 Å². The van der Waals surface area contributed by atoms with Gasteiger partial charge in [0.1, 0.15) is 0 Å². The maximum absolute atomic E-state index is 11.4. The van der Waals surface area contributed by atoms with Gasteiger partial charge >= 0.3 is 5.97 Å². The van der Waals surface area contributed by atoms with Gasteiger partial charge in [0.15, 0.2) is 0 Å². The number of amides is 1. The quantitative estimate of drug-likeness (QED) is 0.756. The number of hydrogen-bond acceptors (Lipinski definition) is 2. The van der Waals surface area contributed by atoms with Gasteiger partial charge in [0.2, 0.25) is 5.91 Å². The second kappa shape index (κ2) is 3.83. The highest BCUT2D eigenvalue weighted by Crippen LogP contribution is 2.40. The lowest BCUT2D eigenvalue weighted by Gasteiger charge is -2.34. The Balaban J connectivity index is 2.05. The molecule has 1 aliphatic carbocycles. The van der Waals surface area contributed by atoms with Gasteiger partial charge in [0.05, 0.1) is 5.92 Å². The molecular formula is C11H17NO3. The molecule has 2 rings (SSSR count). The lowest BCUT2D eigenvalue weighted by molar-refractivity contribution is -0.147. The van der Waals surface area contributed by atoms with Crippen molar-refractivity contribution in [2.24, 2.45) is 17.8 Å². The Morgan fingerprint density at radius 1 is 1.47 bits per heavy atom. The molecule has 2 unspecified atom stereocenters. The van der Waals surface area contributed by atoms with Crippen LogP contribution in [0.1, 0.15) is 25.7 Å². The molecule has 2 atom stereocenters. The Bertz CT molecular complexity index is 286. The molecule has 1 amide bonds. The standard InChI is InChI=1S/C11H17NO3/c1-12-6-8(5-9(12)13)10(11(14)15)7-3-2-4-7/h7-8,10H,2-6H2,1H3,(H,14,15). The molecular weight excluding hydrogens is 194 g/mol. The number of carboxylic acids is 1. The molecule has 0 aromatic carbocycles. The van der Waals surface area contributed by atoms with Crippen LogP contribution >= 0.6 is 0 Å². The summed E-state index contributed by atoms with van der Waals surface area (Å²) in [5, 5.41) is 9.21. The van der Waals surface area contributed by atoms with Crippen LogP contribution in [0.4, 0.5) is 0 Å². The fourth-order valence-corrected chi connectivity index (χ4v) is 2.73. The van der Waals surface area contributed by atoms with Gasteiger partial charge < -0.3 is 10.0 Å². The normalized spacial score (nSPS) is 29.0. The predicted molar refractivity (Wildman–Crippen MR) is 54.2 cm³/mol. The van der Waals surface area contributed by atoms with Gasteiger partial charge in [0.25, 0.3) is 0 Å². The number of nitrogens with zero attached hydrogens (tertiary/aromatic N) is 1. The van der Waals surface area contributed by atoms with Gasteiger partial charge in [-0.15, -0.1) is 0 Å². The summed E-state index contributed by atoms with van der Waals surface area (Å²) >= 11 is 0. The minimum Gasteiger partial charge on any atom is -0.481 e.